The number of likely N-dealkylation sites (N-methyl/N-ethyl adjacent to an activating group) is 1. The molecule has 0 spiro atoms. The number of rotatable bonds is 3. The number of amides is 2. The van der Waals surface area contributed by atoms with E-state index in [1.807, 2.05) is 54.6 Å². The van der Waals surface area contributed by atoms with Crippen molar-refractivity contribution in [2.24, 2.45) is 0 Å². The van der Waals surface area contributed by atoms with E-state index in [-0.39, 0.29) is 24.5 Å². The van der Waals surface area contributed by atoms with Gasteiger partial charge < -0.3 is 14.5 Å². The molecule has 2 aromatic carbocycles. The van der Waals surface area contributed by atoms with Gasteiger partial charge in [0.15, 0.2) is 0 Å². The summed E-state index contributed by atoms with van der Waals surface area (Å²) in [5.74, 6) is -0.227. The SMILES string of the molecule is CN1CC(=O)N(Cc2ccccc2C2C=CCO2)c2ccccc2C1=O. The standard InChI is InChI=1S/C21H20N2O3/c1-22-14-20(24)23(18-10-5-4-9-17(18)21(22)25)13-15-7-2-3-8-16(15)19-11-6-12-26-19/h2-11,19H,12-14H2,1H3. The highest BCUT2D eigenvalue weighted by Gasteiger charge is 2.30. The molecule has 0 fully saturated rings. The summed E-state index contributed by atoms with van der Waals surface area (Å²) in [6, 6.07) is 15.3. The fraction of sp³-hybridized carbons (Fsp3) is 0.238. The lowest BCUT2D eigenvalue weighted by atomic mass is 10.0. The van der Waals surface area contributed by atoms with Crippen LogP contribution in [0.5, 0.6) is 0 Å². The van der Waals surface area contributed by atoms with Crippen LogP contribution in [0.15, 0.2) is 60.7 Å². The molecule has 1 unspecified atom stereocenters. The predicted molar refractivity (Wildman–Crippen MR) is 98.9 cm³/mol. The molecule has 0 radical (unpaired) electrons. The van der Waals surface area contributed by atoms with Crippen molar-refractivity contribution in [3.05, 3.63) is 77.4 Å². The summed E-state index contributed by atoms with van der Waals surface area (Å²) in [6.07, 6.45) is 3.95. The third-order valence-electron chi connectivity index (χ3n) is 4.82. The highest BCUT2D eigenvalue weighted by molar-refractivity contribution is 6.09. The Balaban J connectivity index is 1.74. The lowest BCUT2D eigenvalue weighted by molar-refractivity contribution is -0.119. The number of para-hydroxylation sites is 1. The molecule has 132 valence electrons. The van der Waals surface area contributed by atoms with Gasteiger partial charge in [-0.1, -0.05) is 48.6 Å². The Hall–Kier alpha value is -2.92. The van der Waals surface area contributed by atoms with Crippen LogP contribution in [0.1, 0.15) is 27.6 Å². The molecular formula is C21H20N2O3. The summed E-state index contributed by atoms with van der Waals surface area (Å²) < 4.78 is 5.75. The molecule has 1 atom stereocenters. The van der Waals surface area contributed by atoms with Crippen LogP contribution in [-0.4, -0.2) is 36.9 Å². The quantitative estimate of drug-likeness (QED) is 0.802. The van der Waals surface area contributed by atoms with Crippen molar-refractivity contribution in [2.45, 2.75) is 12.6 Å². The minimum absolute atomic E-state index is 0.0650. The van der Waals surface area contributed by atoms with Crippen LogP contribution in [0.25, 0.3) is 0 Å². The van der Waals surface area contributed by atoms with Crippen molar-refractivity contribution in [2.75, 3.05) is 25.1 Å². The summed E-state index contributed by atoms with van der Waals surface area (Å²) in [7, 11) is 1.66. The monoisotopic (exact) mass is 348 g/mol. The number of anilines is 1. The van der Waals surface area contributed by atoms with Crippen LogP contribution in [0.3, 0.4) is 0 Å². The van der Waals surface area contributed by atoms with Gasteiger partial charge in [0.25, 0.3) is 5.91 Å². The Morgan fingerprint density at radius 1 is 1.08 bits per heavy atom. The first kappa shape index (κ1) is 16.5. The molecule has 0 saturated heterocycles. The van der Waals surface area contributed by atoms with E-state index >= 15 is 0 Å². The minimum atomic E-state index is -0.133. The number of fused-ring (bicyclic) bond motifs is 1. The van der Waals surface area contributed by atoms with Gasteiger partial charge in [0.2, 0.25) is 5.91 Å². The Labute approximate surface area is 152 Å². The zero-order valence-electron chi connectivity index (χ0n) is 14.6. The van der Waals surface area contributed by atoms with Crippen molar-refractivity contribution in [3.8, 4) is 0 Å². The molecule has 0 N–H and O–H groups in total. The fourth-order valence-electron chi connectivity index (χ4n) is 3.48. The Morgan fingerprint density at radius 3 is 2.65 bits per heavy atom. The average molecular weight is 348 g/mol. The molecule has 0 bridgehead atoms. The smallest absolute Gasteiger partial charge is 0.256 e. The summed E-state index contributed by atoms with van der Waals surface area (Å²) >= 11 is 0. The second-order valence-electron chi connectivity index (χ2n) is 6.54. The fourth-order valence-corrected chi connectivity index (χ4v) is 3.48. The van der Waals surface area contributed by atoms with Crippen molar-refractivity contribution in [1.82, 2.24) is 4.90 Å². The van der Waals surface area contributed by atoms with E-state index in [2.05, 4.69) is 0 Å². The third kappa shape index (κ3) is 2.91. The van der Waals surface area contributed by atoms with E-state index in [4.69, 9.17) is 4.74 Å². The lowest BCUT2D eigenvalue weighted by Crippen LogP contribution is -2.37. The van der Waals surface area contributed by atoms with E-state index < -0.39 is 0 Å². The topological polar surface area (TPSA) is 49.9 Å². The van der Waals surface area contributed by atoms with Gasteiger partial charge in [0, 0.05) is 7.05 Å². The molecule has 4 rings (SSSR count). The minimum Gasteiger partial charge on any atom is -0.365 e. The molecule has 0 saturated carbocycles. The van der Waals surface area contributed by atoms with Gasteiger partial charge in [0.1, 0.15) is 12.6 Å². The van der Waals surface area contributed by atoms with Gasteiger partial charge in [-0.2, -0.15) is 0 Å². The number of ether oxygens (including phenoxy) is 1. The van der Waals surface area contributed by atoms with Gasteiger partial charge in [-0.3, -0.25) is 9.59 Å². The van der Waals surface area contributed by atoms with Crippen molar-refractivity contribution < 1.29 is 14.3 Å². The van der Waals surface area contributed by atoms with Crippen LogP contribution >= 0.6 is 0 Å². The van der Waals surface area contributed by atoms with Gasteiger partial charge in [-0.05, 0) is 23.3 Å². The summed E-state index contributed by atoms with van der Waals surface area (Å²) in [5, 5.41) is 0. The Morgan fingerprint density at radius 2 is 1.85 bits per heavy atom. The van der Waals surface area contributed by atoms with E-state index in [1.165, 1.54) is 4.90 Å². The van der Waals surface area contributed by atoms with Crippen molar-refractivity contribution in [3.63, 3.8) is 0 Å². The van der Waals surface area contributed by atoms with E-state index in [1.54, 1.807) is 18.0 Å². The normalized spacial score (nSPS) is 19.7. The molecule has 5 heteroatoms. The second kappa shape index (κ2) is 6.77. The summed E-state index contributed by atoms with van der Waals surface area (Å²) in [6.45, 7) is 1.07. The zero-order chi connectivity index (χ0) is 18.1. The Kier molecular flexibility index (Phi) is 4.31. The third-order valence-corrected chi connectivity index (χ3v) is 4.82. The summed E-state index contributed by atoms with van der Waals surface area (Å²) in [5.41, 5.74) is 3.28. The molecule has 26 heavy (non-hydrogen) atoms. The van der Waals surface area contributed by atoms with Crippen molar-refractivity contribution >= 4 is 17.5 Å². The first-order chi connectivity index (χ1) is 12.6. The predicted octanol–water partition coefficient (Wildman–Crippen LogP) is 2.93. The number of nitrogens with zero attached hydrogens (tertiary/aromatic N) is 2. The first-order valence-corrected chi connectivity index (χ1v) is 8.66. The van der Waals surface area contributed by atoms with E-state index in [0.29, 0.717) is 24.4 Å². The first-order valence-electron chi connectivity index (χ1n) is 8.66. The number of benzene rings is 2. The number of carbonyl (C=O) groups excluding carboxylic acids is 2. The van der Waals surface area contributed by atoms with Crippen LogP contribution < -0.4 is 4.90 Å². The highest BCUT2D eigenvalue weighted by Crippen LogP contribution is 2.31. The molecule has 0 aromatic heterocycles. The zero-order valence-corrected chi connectivity index (χ0v) is 14.6. The molecule has 5 nitrogen and oxygen atoms in total. The van der Waals surface area contributed by atoms with E-state index in [9.17, 15) is 9.59 Å². The van der Waals surface area contributed by atoms with Gasteiger partial charge in [-0.15, -0.1) is 0 Å². The second-order valence-corrected chi connectivity index (χ2v) is 6.54. The van der Waals surface area contributed by atoms with Crippen LogP contribution in [-0.2, 0) is 16.1 Å². The van der Waals surface area contributed by atoms with Gasteiger partial charge >= 0.3 is 0 Å². The molecule has 2 aliphatic heterocycles. The van der Waals surface area contributed by atoms with E-state index in [0.717, 1.165) is 11.1 Å². The maximum atomic E-state index is 12.9. The molecular weight excluding hydrogens is 328 g/mol. The molecule has 0 aliphatic carbocycles. The van der Waals surface area contributed by atoms with Crippen LogP contribution in [0.2, 0.25) is 0 Å². The average Bonchev–Trinajstić information content (AvgIpc) is 3.17. The Bertz CT molecular complexity index is 890. The highest BCUT2D eigenvalue weighted by atomic mass is 16.5. The maximum Gasteiger partial charge on any atom is 0.256 e. The maximum absolute atomic E-state index is 12.9. The molecule has 2 amide bonds. The molecule has 2 heterocycles. The lowest BCUT2D eigenvalue weighted by Gasteiger charge is -2.24. The molecule has 2 aliphatic rings. The van der Waals surface area contributed by atoms with Crippen LogP contribution in [0, 0.1) is 0 Å². The number of hydrogen-bond acceptors (Lipinski definition) is 3. The van der Waals surface area contributed by atoms with Crippen molar-refractivity contribution in [1.29, 1.82) is 0 Å². The summed E-state index contributed by atoms with van der Waals surface area (Å²) in [4.78, 5) is 28.6. The number of carbonyl (C=O) groups is 2. The van der Waals surface area contributed by atoms with Crippen LogP contribution in [0.4, 0.5) is 5.69 Å². The molecule has 2 aromatic rings. The van der Waals surface area contributed by atoms with Gasteiger partial charge in [-0.25, -0.2) is 0 Å². The van der Waals surface area contributed by atoms with Gasteiger partial charge in [0.05, 0.1) is 24.4 Å². The number of hydrogen-bond donors (Lipinski definition) is 0. The largest absolute Gasteiger partial charge is 0.365 e.